The molecule has 1 aromatic carbocycles. The number of alkyl halides is 3. The van der Waals surface area contributed by atoms with Gasteiger partial charge in [0.05, 0.1) is 4.92 Å². The van der Waals surface area contributed by atoms with Crippen molar-refractivity contribution in [2.24, 2.45) is 0 Å². The van der Waals surface area contributed by atoms with Gasteiger partial charge in [-0.3, -0.25) is 15.0 Å². The highest BCUT2D eigenvalue weighted by atomic mass is 19.4. The molecule has 1 fully saturated rings. The van der Waals surface area contributed by atoms with E-state index < -0.39 is 22.7 Å². The molecule has 1 aliphatic heterocycles. The second-order valence-electron chi connectivity index (χ2n) is 6.15. The lowest BCUT2D eigenvalue weighted by molar-refractivity contribution is -0.384. The van der Waals surface area contributed by atoms with Gasteiger partial charge in [-0.1, -0.05) is 12.1 Å². The summed E-state index contributed by atoms with van der Waals surface area (Å²) in [7, 11) is 0. The smallest absolute Gasteiger partial charge is 0.368 e. The van der Waals surface area contributed by atoms with Gasteiger partial charge >= 0.3 is 6.18 Å². The summed E-state index contributed by atoms with van der Waals surface area (Å²) in [5.41, 5.74) is 5.32. The number of nitro groups is 1. The number of nitrogens with zero attached hydrogens (tertiary/aromatic N) is 5. The van der Waals surface area contributed by atoms with E-state index in [1.54, 1.807) is 17.0 Å². The lowest BCUT2D eigenvalue weighted by atomic mass is 10.2. The highest BCUT2D eigenvalue weighted by molar-refractivity contribution is 5.44. The number of hydrogen-bond acceptors (Lipinski definition) is 7. The third kappa shape index (κ3) is 4.61. The van der Waals surface area contributed by atoms with Crippen molar-refractivity contribution in [3.05, 3.63) is 51.7 Å². The molecule has 11 heteroatoms. The summed E-state index contributed by atoms with van der Waals surface area (Å²) in [6.07, 6.45) is -4.58. The van der Waals surface area contributed by atoms with E-state index in [1.807, 2.05) is 0 Å². The van der Waals surface area contributed by atoms with Gasteiger partial charge < -0.3 is 10.6 Å². The van der Waals surface area contributed by atoms with Crippen molar-refractivity contribution < 1.29 is 18.1 Å². The summed E-state index contributed by atoms with van der Waals surface area (Å²) in [6, 6.07) is 7.21. The molecule has 8 nitrogen and oxygen atoms in total. The number of nitrogens with two attached hydrogens (primary N) is 1. The van der Waals surface area contributed by atoms with Crippen LogP contribution in [0.15, 0.2) is 30.3 Å². The molecular formula is C16H17F3N6O2. The minimum absolute atomic E-state index is 0.0328. The molecule has 1 aliphatic rings. The summed E-state index contributed by atoms with van der Waals surface area (Å²) in [4.78, 5) is 21.2. The van der Waals surface area contributed by atoms with Gasteiger partial charge in [-0.25, -0.2) is 4.98 Å². The summed E-state index contributed by atoms with van der Waals surface area (Å²) >= 11 is 0. The number of anilines is 2. The molecule has 2 aromatic rings. The first-order valence-electron chi connectivity index (χ1n) is 8.15. The van der Waals surface area contributed by atoms with Gasteiger partial charge in [0.25, 0.3) is 5.69 Å². The van der Waals surface area contributed by atoms with E-state index in [1.165, 1.54) is 12.1 Å². The van der Waals surface area contributed by atoms with Crippen molar-refractivity contribution in [1.82, 2.24) is 14.9 Å². The fraction of sp³-hybridized carbons (Fsp3) is 0.375. The van der Waals surface area contributed by atoms with Crippen molar-refractivity contribution in [3.8, 4) is 0 Å². The molecule has 0 unspecified atom stereocenters. The van der Waals surface area contributed by atoms with Crippen LogP contribution in [0, 0.1) is 10.1 Å². The molecule has 1 saturated heterocycles. The number of benzene rings is 1. The SMILES string of the molecule is Nc1nc(N2CCN(Cc3ccc([N+](=O)[O-])cc3)CC2)cc(C(F)(F)F)n1. The molecule has 2 N–H and O–H groups in total. The standard InChI is InChI=1S/C16H17F3N6O2/c17-16(18,19)13-9-14(22-15(20)21-13)24-7-5-23(6-8-24)10-11-1-3-12(4-2-11)25(26)27/h1-4,9H,5-8,10H2,(H2,20,21,22). The topological polar surface area (TPSA) is 101 Å². The summed E-state index contributed by atoms with van der Waals surface area (Å²) in [5.74, 6) is -0.252. The summed E-state index contributed by atoms with van der Waals surface area (Å²) < 4.78 is 38.6. The lowest BCUT2D eigenvalue weighted by Crippen LogP contribution is -2.46. The van der Waals surface area contributed by atoms with E-state index in [2.05, 4.69) is 14.9 Å². The fourth-order valence-electron chi connectivity index (χ4n) is 2.88. The number of nitro benzene ring substituents is 1. The van der Waals surface area contributed by atoms with E-state index in [0.29, 0.717) is 32.7 Å². The molecule has 0 spiro atoms. The Morgan fingerprint density at radius 1 is 1.11 bits per heavy atom. The highest BCUT2D eigenvalue weighted by Crippen LogP contribution is 2.30. The Kier molecular flexibility index (Phi) is 5.13. The van der Waals surface area contributed by atoms with Crippen LogP contribution in [-0.4, -0.2) is 46.0 Å². The number of piperazine rings is 1. The average Bonchev–Trinajstić information content (AvgIpc) is 2.61. The first kappa shape index (κ1) is 18.8. The van der Waals surface area contributed by atoms with Gasteiger partial charge in [-0.05, 0) is 5.56 Å². The quantitative estimate of drug-likeness (QED) is 0.639. The third-order valence-corrected chi connectivity index (χ3v) is 4.27. The van der Waals surface area contributed by atoms with Crippen molar-refractivity contribution in [2.45, 2.75) is 12.7 Å². The van der Waals surface area contributed by atoms with Crippen LogP contribution in [0.1, 0.15) is 11.3 Å². The highest BCUT2D eigenvalue weighted by Gasteiger charge is 2.34. The Morgan fingerprint density at radius 2 is 1.74 bits per heavy atom. The maximum absolute atomic E-state index is 12.9. The van der Waals surface area contributed by atoms with Crippen LogP contribution < -0.4 is 10.6 Å². The first-order chi connectivity index (χ1) is 12.7. The van der Waals surface area contributed by atoms with Crippen LogP contribution in [0.2, 0.25) is 0 Å². The van der Waals surface area contributed by atoms with Crippen molar-refractivity contribution in [2.75, 3.05) is 36.8 Å². The van der Waals surface area contributed by atoms with Gasteiger partial charge in [0, 0.05) is 50.9 Å². The maximum Gasteiger partial charge on any atom is 0.433 e. The Balaban J connectivity index is 1.62. The number of rotatable bonds is 4. The monoisotopic (exact) mass is 382 g/mol. The predicted molar refractivity (Wildman–Crippen MR) is 92.0 cm³/mol. The molecule has 0 atom stereocenters. The third-order valence-electron chi connectivity index (χ3n) is 4.27. The first-order valence-corrected chi connectivity index (χ1v) is 8.15. The Hall–Kier alpha value is -2.95. The van der Waals surface area contributed by atoms with Gasteiger partial charge in [0.1, 0.15) is 5.82 Å². The Morgan fingerprint density at radius 3 is 2.30 bits per heavy atom. The van der Waals surface area contributed by atoms with E-state index in [-0.39, 0.29) is 11.5 Å². The Labute approximate surface area is 152 Å². The number of halogens is 3. The van der Waals surface area contributed by atoms with E-state index in [9.17, 15) is 23.3 Å². The number of hydrogen-bond donors (Lipinski definition) is 1. The molecular weight excluding hydrogens is 365 g/mol. The molecule has 0 aliphatic carbocycles. The second kappa shape index (κ2) is 7.35. The van der Waals surface area contributed by atoms with Crippen molar-refractivity contribution in [3.63, 3.8) is 0 Å². The number of non-ortho nitro benzene ring substituents is 1. The molecule has 1 aromatic heterocycles. The molecule has 0 radical (unpaired) electrons. The zero-order chi connectivity index (χ0) is 19.6. The minimum Gasteiger partial charge on any atom is -0.368 e. The lowest BCUT2D eigenvalue weighted by Gasteiger charge is -2.35. The summed E-state index contributed by atoms with van der Waals surface area (Å²) in [5, 5.41) is 10.7. The van der Waals surface area contributed by atoms with E-state index in [4.69, 9.17) is 5.73 Å². The summed E-state index contributed by atoms with van der Waals surface area (Å²) in [6.45, 7) is 2.80. The zero-order valence-corrected chi connectivity index (χ0v) is 14.2. The molecule has 27 heavy (non-hydrogen) atoms. The van der Waals surface area contributed by atoms with Gasteiger partial charge in [-0.2, -0.15) is 18.2 Å². The molecule has 0 amide bonds. The van der Waals surface area contributed by atoms with Gasteiger partial charge in [0.15, 0.2) is 5.69 Å². The van der Waals surface area contributed by atoms with Crippen molar-refractivity contribution in [1.29, 1.82) is 0 Å². The van der Waals surface area contributed by atoms with Crippen LogP contribution in [0.25, 0.3) is 0 Å². The Bertz CT molecular complexity index is 820. The van der Waals surface area contributed by atoms with Gasteiger partial charge in [-0.15, -0.1) is 0 Å². The van der Waals surface area contributed by atoms with Gasteiger partial charge in [0.2, 0.25) is 5.95 Å². The van der Waals surface area contributed by atoms with Crippen LogP contribution >= 0.6 is 0 Å². The molecule has 2 heterocycles. The molecule has 0 bridgehead atoms. The number of nitrogen functional groups attached to an aromatic ring is 1. The normalized spacial score (nSPS) is 15.7. The predicted octanol–water partition coefficient (Wildman–Crippen LogP) is 2.31. The van der Waals surface area contributed by atoms with Crippen LogP contribution in [0.4, 0.5) is 30.6 Å². The zero-order valence-electron chi connectivity index (χ0n) is 14.2. The maximum atomic E-state index is 12.9. The largest absolute Gasteiger partial charge is 0.433 e. The van der Waals surface area contributed by atoms with Crippen molar-refractivity contribution >= 4 is 17.5 Å². The molecule has 3 rings (SSSR count). The van der Waals surface area contributed by atoms with E-state index in [0.717, 1.165) is 11.6 Å². The van der Waals surface area contributed by atoms with Crippen LogP contribution in [-0.2, 0) is 12.7 Å². The second-order valence-corrected chi connectivity index (χ2v) is 6.15. The van der Waals surface area contributed by atoms with Crippen LogP contribution in [0.5, 0.6) is 0 Å². The molecule has 0 saturated carbocycles. The minimum atomic E-state index is -4.58. The average molecular weight is 382 g/mol. The van der Waals surface area contributed by atoms with Crippen LogP contribution in [0.3, 0.4) is 0 Å². The number of aromatic nitrogens is 2. The van der Waals surface area contributed by atoms with E-state index >= 15 is 0 Å². The fourth-order valence-corrected chi connectivity index (χ4v) is 2.88. The molecule has 144 valence electrons.